The Balaban J connectivity index is 3.64. The third-order valence-electron chi connectivity index (χ3n) is 1.69. The first-order chi connectivity index (χ1) is 6.26. The van der Waals surface area contributed by atoms with Gasteiger partial charge in [0, 0.05) is 6.42 Å². The summed E-state index contributed by atoms with van der Waals surface area (Å²) >= 11 is 0. The first-order valence-electron chi connectivity index (χ1n) is 4.38. The van der Waals surface area contributed by atoms with Gasteiger partial charge in [0.2, 0.25) is 18.3 Å². The highest BCUT2D eigenvalue weighted by atomic mass is 16.2. The van der Waals surface area contributed by atoms with Crippen LogP contribution in [0.4, 0.5) is 0 Å². The second-order valence-electron chi connectivity index (χ2n) is 2.74. The quantitative estimate of drug-likeness (QED) is 0.367. The van der Waals surface area contributed by atoms with Gasteiger partial charge in [-0.05, 0) is 6.42 Å². The lowest BCUT2D eigenvalue weighted by molar-refractivity contribution is -0.125. The average Bonchev–Trinajstić information content (AvgIpc) is 2.14. The minimum absolute atomic E-state index is 0.293. The van der Waals surface area contributed by atoms with E-state index < -0.39 is 5.91 Å². The lowest BCUT2D eigenvalue weighted by atomic mass is 10.1. The zero-order valence-electron chi connectivity index (χ0n) is 7.79. The summed E-state index contributed by atoms with van der Waals surface area (Å²) in [5.74, 6) is -0.402. The third kappa shape index (κ3) is 4.81. The standard InChI is InChI=1S/C9H13N3O/c1-2-3-4-5-6-9(13)12(7-10)8-11/h2-6H2,1H3. The van der Waals surface area contributed by atoms with Gasteiger partial charge >= 0.3 is 0 Å². The van der Waals surface area contributed by atoms with Crippen molar-refractivity contribution >= 4 is 5.91 Å². The molecule has 1 amide bonds. The predicted octanol–water partition coefficient (Wildman–Crippen LogP) is 1.75. The summed E-state index contributed by atoms with van der Waals surface area (Å²) in [6, 6.07) is 0. The molecule has 0 saturated heterocycles. The minimum atomic E-state index is -0.402. The summed E-state index contributed by atoms with van der Waals surface area (Å²) in [7, 11) is 0. The summed E-state index contributed by atoms with van der Waals surface area (Å²) in [5, 5.41) is 16.7. The Morgan fingerprint density at radius 1 is 1.23 bits per heavy atom. The SMILES string of the molecule is CCCCCCC(=O)N(C#N)C#N. The molecule has 0 N–H and O–H groups in total. The topological polar surface area (TPSA) is 67.9 Å². The van der Waals surface area contributed by atoms with Crippen molar-refractivity contribution in [1.82, 2.24) is 4.90 Å². The van der Waals surface area contributed by atoms with E-state index in [-0.39, 0.29) is 0 Å². The fraction of sp³-hybridized carbons (Fsp3) is 0.667. The van der Waals surface area contributed by atoms with Crippen LogP contribution in [-0.2, 0) is 4.79 Å². The lowest BCUT2D eigenvalue weighted by Crippen LogP contribution is -2.19. The van der Waals surface area contributed by atoms with E-state index in [1.807, 2.05) is 0 Å². The monoisotopic (exact) mass is 179 g/mol. The second kappa shape index (κ2) is 7.12. The third-order valence-corrected chi connectivity index (χ3v) is 1.69. The second-order valence-corrected chi connectivity index (χ2v) is 2.74. The van der Waals surface area contributed by atoms with Crippen molar-refractivity contribution in [3.8, 4) is 12.4 Å². The maximum absolute atomic E-state index is 11.0. The Kier molecular flexibility index (Phi) is 6.27. The molecule has 0 unspecified atom stereocenters. The molecule has 70 valence electrons. The Bertz CT molecular complexity index is 222. The molecule has 0 aromatic heterocycles. The number of carbonyl (C=O) groups excluding carboxylic acids is 1. The average molecular weight is 179 g/mol. The lowest BCUT2D eigenvalue weighted by Gasteiger charge is -2.02. The Morgan fingerprint density at radius 2 is 1.85 bits per heavy atom. The molecule has 4 heteroatoms. The minimum Gasteiger partial charge on any atom is -0.273 e. The Labute approximate surface area is 78.4 Å². The smallest absolute Gasteiger partial charge is 0.249 e. The van der Waals surface area contributed by atoms with Gasteiger partial charge in [-0.2, -0.15) is 10.5 Å². The molecule has 13 heavy (non-hydrogen) atoms. The van der Waals surface area contributed by atoms with Gasteiger partial charge in [0.05, 0.1) is 0 Å². The van der Waals surface area contributed by atoms with Crippen LogP contribution in [0.25, 0.3) is 0 Å². The van der Waals surface area contributed by atoms with E-state index in [1.165, 1.54) is 12.4 Å². The highest BCUT2D eigenvalue weighted by molar-refractivity contribution is 5.79. The van der Waals surface area contributed by atoms with Gasteiger partial charge in [0.25, 0.3) is 0 Å². The summed E-state index contributed by atoms with van der Waals surface area (Å²) < 4.78 is 0. The molecule has 4 nitrogen and oxygen atoms in total. The highest BCUT2D eigenvalue weighted by Crippen LogP contribution is 2.04. The van der Waals surface area contributed by atoms with Crippen LogP contribution in [0.2, 0.25) is 0 Å². The van der Waals surface area contributed by atoms with Crippen LogP contribution < -0.4 is 0 Å². The maximum atomic E-state index is 11.0. The molecule has 0 aromatic carbocycles. The van der Waals surface area contributed by atoms with Crippen LogP contribution in [0.15, 0.2) is 0 Å². The molecule has 0 aromatic rings. The summed E-state index contributed by atoms with van der Waals surface area (Å²) in [6.07, 6.45) is 7.25. The first-order valence-corrected chi connectivity index (χ1v) is 4.38. The number of hydrogen-bond acceptors (Lipinski definition) is 3. The number of rotatable bonds is 5. The van der Waals surface area contributed by atoms with Crippen LogP contribution in [0.5, 0.6) is 0 Å². The summed E-state index contributed by atoms with van der Waals surface area (Å²) in [5.41, 5.74) is 0. The van der Waals surface area contributed by atoms with Gasteiger partial charge in [-0.3, -0.25) is 4.79 Å². The van der Waals surface area contributed by atoms with Crippen LogP contribution in [0, 0.1) is 22.9 Å². The van der Waals surface area contributed by atoms with E-state index in [1.54, 1.807) is 0 Å². The number of amides is 1. The summed E-state index contributed by atoms with van der Waals surface area (Å²) in [4.78, 5) is 11.6. The van der Waals surface area contributed by atoms with Crippen molar-refractivity contribution < 1.29 is 4.79 Å². The van der Waals surface area contributed by atoms with Gasteiger partial charge in [-0.15, -0.1) is 4.90 Å². The van der Waals surface area contributed by atoms with Crippen molar-refractivity contribution in [3.63, 3.8) is 0 Å². The van der Waals surface area contributed by atoms with Crippen molar-refractivity contribution in [1.29, 1.82) is 10.5 Å². The van der Waals surface area contributed by atoms with Gasteiger partial charge in [-0.1, -0.05) is 26.2 Å². The molecular formula is C9H13N3O. The highest BCUT2D eigenvalue weighted by Gasteiger charge is 2.10. The molecule has 0 bridgehead atoms. The van der Waals surface area contributed by atoms with Crippen LogP contribution in [0.3, 0.4) is 0 Å². The molecule has 0 saturated carbocycles. The van der Waals surface area contributed by atoms with Gasteiger partial charge in [0.15, 0.2) is 0 Å². The number of nitrogens with zero attached hydrogens (tertiary/aromatic N) is 3. The molecule has 0 fully saturated rings. The van der Waals surface area contributed by atoms with Crippen molar-refractivity contribution in [2.75, 3.05) is 0 Å². The molecule has 0 spiro atoms. The predicted molar refractivity (Wildman–Crippen MR) is 46.8 cm³/mol. The molecular weight excluding hydrogens is 166 g/mol. The number of unbranched alkanes of at least 4 members (excludes halogenated alkanes) is 3. The fourth-order valence-corrected chi connectivity index (χ4v) is 0.949. The van der Waals surface area contributed by atoms with Gasteiger partial charge < -0.3 is 0 Å². The Hall–Kier alpha value is -1.55. The number of nitriles is 2. The zero-order valence-corrected chi connectivity index (χ0v) is 7.79. The summed E-state index contributed by atoms with van der Waals surface area (Å²) in [6.45, 7) is 2.08. The van der Waals surface area contributed by atoms with Crippen LogP contribution in [0.1, 0.15) is 39.0 Å². The maximum Gasteiger partial charge on any atom is 0.249 e. The van der Waals surface area contributed by atoms with Crippen molar-refractivity contribution in [2.24, 2.45) is 0 Å². The van der Waals surface area contributed by atoms with Crippen LogP contribution >= 0.6 is 0 Å². The van der Waals surface area contributed by atoms with E-state index in [0.29, 0.717) is 11.3 Å². The molecule has 0 atom stereocenters. The van der Waals surface area contributed by atoms with E-state index >= 15 is 0 Å². The molecule has 0 heterocycles. The fourth-order valence-electron chi connectivity index (χ4n) is 0.949. The normalized spacial score (nSPS) is 8.54. The van der Waals surface area contributed by atoms with Crippen molar-refractivity contribution in [2.45, 2.75) is 39.0 Å². The number of carbonyl (C=O) groups is 1. The van der Waals surface area contributed by atoms with Gasteiger partial charge in [-0.25, -0.2) is 0 Å². The molecule has 0 aliphatic rings. The molecule has 0 radical (unpaired) electrons. The molecule has 0 aliphatic carbocycles. The van der Waals surface area contributed by atoms with Gasteiger partial charge in [0.1, 0.15) is 0 Å². The Morgan fingerprint density at radius 3 is 2.31 bits per heavy atom. The number of hydrogen-bond donors (Lipinski definition) is 0. The first kappa shape index (κ1) is 11.4. The van der Waals surface area contributed by atoms with E-state index in [9.17, 15) is 4.79 Å². The van der Waals surface area contributed by atoms with E-state index in [2.05, 4.69) is 6.92 Å². The molecule has 0 aliphatic heterocycles. The molecule has 0 rings (SSSR count). The van der Waals surface area contributed by atoms with E-state index in [0.717, 1.165) is 25.7 Å². The zero-order chi connectivity index (χ0) is 10.1. The largest absolute Gasteiger partial charge is 0.273 e. The van der Waals surface area contributed by atoms with E-state index in [4.69, 9.17) is 10.5 Å². The van der Waals surface area contributed by atoms with Crippen LogP contribution in [-0.4, -0.2) is 10.8 Å². The van der Waals surface area contributed by atoms with Crippen molar-refractivity contribution in [3.05, 3.63) is 0 Å².